The summed E-state index contributed by atoms with van der Waals surface area (Å²) in [5.41, 5.74) is 0. The Bertz CT molecular complexity index is 286. The number of likely N-dealkylation sites (tertiary alicyclic amines) is 1. The van der Waals surface area contributed by atoms with Crippen LogP contribution in [-0.2, 0) is 14.3 Å². The molecular formula is C13H24N2O3. The molecule has 1 heterocycles. The van der Waals surface area contributed by atoms with Crippen molar-refractivity contribution in [3.63, 3.8) is 0 Å². The highest BCUT2D eigenvalue weighted by Crippen LogP contribution is 2.16. The zero-order valence-electron chi connectivity index (χ0n) is 11.6. The van der Waals surface area contributed by atoms with Crippen molar-refractivity contribution in [3.8, 4) is 0 Å². The number of carbonyl (C=O) groups is 2. The largest absolute Gasteiger partial charge is 0.465 e. The van der Waals surface area contributed by atoms with Crippen LogP contribution in [0.15, 0.2) is 0 Å². The molecule has 1 unspecified atom stereocenters. The fourth-order valence-electron chi connectivity index (χ4n) is 2.46. The van der Waals surface area contributed by atoms with Gasteiger partial charge in [-0.2, -0.15) is 0 Å². The first kappa shape index (κ1) is 15.0. The van der Waals surface area contributed by atoms with E-state index < -0.39 is 0 Å². The second-order valence-corrected chi connectivity index (χ2v) is 4.69. The van der Waals surface area contributed by atoms with Crippen molar-refractivity contribution in [2.24, 2.45) is 0 Å². The zero-order valence-corrected chi connectivity index (χ0v) is 11.6. The molecule has 0 aromatic carbocycles. The number of nitrogens with one attached hydrogen (secondary N) is 1. The average molecular weight is 256 g/mol. The molecule has 1 rings (SSSR count). The molecule has 1 amide bonds. The van der Waals surface area contributed by atoms with Gasteiger partial charge in [-0.05, 0) is 26.2 Å². The van der Waals surface area contributed by atoms with E-state index in [0.29, 0.717) is 6.61 Å². The number of amides is 1. The van der Waals surface area contributed by atoms with E-state index in [1.54, 1.807) is 6.92 Å². The van der Waals surface area contributed by atoms with Gasteiger partial charge in [0.25, 0.3) is 0 Å². The van der Waals surface area contributed by atoms with Crippen LogP contribution in [0.1, 0.15) is 40.0 Å². The lowest BCUT2D eigenvalue weighted by molar-refractivity contribution is -0.150. The van der Waals surface area contributed by atoms with E-state index in [4.69, 9.17) is 4.74 Å². The molecule has 1 saturated heterocycles. The van der Waals surface area contributed by atoms with E-state index in [-0.39, 0.29) is 24.0 Å². The zero-order chi connectivity index (χ0) is 13.5. The maximum atomic E-state index is 11.8. The molecular weight excluding hydrogens is 232 g/mol. The number of hydrogen-bond donors (Lipinski definition) is 1. The smallest absolute Gasteiger partial charge is 0.323 e. The molecule has 0 aromatic rings. The van der Waals surface area contributed by atoms with Crippen LogP contribution in [0.5, 0.6) is 0 Å². The molecule has 0 bridgehead atoms. The van der Waals surface area contributed by atoms with E-state index >= 15 is 0 Å². The maximum Gasteiger partial charge on any atom is 0.323 e. The van der Waals surface area contributed by atoms with Gasteiger partial charge >= 0.3 is 5.97 Å². The molecule has 1 atom stereocenters. The Morgan fingerprint density at radius 2 is 1.94 bits per heavy atom. The number of nitrogens with zero attached hydrogens (tertiary/aromatic N) is 1. The van der Waals surface area contributed by atoms with Crippen LogP contribution < -0.4 is 5.32 Å². The predicted octanol–water partition coefficient (Wildman–Crippen LogP) is 0.929. The summed E-state index contributed by atoms with van der Waals surface area (Å²) in [6, 6.07) is 0.113. The SMILES string of the molecule is CCOC(=O)C(CC)N1CCC(NC(C)=O)CC1. The maximum absolute atomic E-state index is 11.8. The Labute approximate surface area is 109 Å². The van der Waals surface area contributed by atoms with Crippen LogP contribution >= 0.6 is 0 Å². The van der Waals surface area contributed by atoms with Crippen molar-refractivity contribution >= 4 is 11.9 Å². The summed E-state index contributed by atoms with van der Waals surface area (Å²) < 4.78 is 5.09. The third-order valence-electron chi connectivity index (χ3n) is 3.32. The van der Waals surface area contributed by atoms with Crippen molar-refractivity contribution in [1.82, 2.24) is 10.2 Å². The quantitative estimate of drug-likeness (QED) is 0.743. The molecule has 5 nitrogen and oxygen atoms in total. The van der Waals surface area contributed by atoms with Crippen LogP contribution in [-0.4, -0.2) is 48.6 Å². The number of piperidine rings is 1. The van der Waals surface area contributed by atoms with E-state index in [0.717, 1.165) is 32.4 Å². The summed E-state index contributed by atoms with van der Waals surface area (Å²) in [5.74, 6) is -0.108. The second-order valence-electron chi connectivity index (χ2n) is 4.69. The predicted molar refractivity (Wildman–Crippen MR) is 69.1 cm³/mol. The topological polar surface area (TPSA) is 58.6 Å². The first-order valence-electron chi connectivity index (χ1n) is 6.76. The Kier molecular flexibility index (Phi) is 6.12. The molecule has 18 heavy (non-hydrogen) atoms. The average Bonchev–Trinajstić information content (AvgIpc) is 2.32. The van der Waals surface area contributed by atoms with Crippen molar-refractivity contribution in [2.75, 3.05) is 19.7 Å². The normalized spacial score (nSPS) is 19.3. The molecule has 0 saturated carbocycles. The van der Waals surface area contributed by atoms with Gasteiger partial charge in [-0.15, -0.1) is 0 Å². The number of rotatable bonds is 5. The van der Waals surface area contributed by atoms with Gasteiger partial charge in [0.2, 0.25) is 5.91 Å². The second kappa shape index (κ2) is 7.36. The van der Waals surface area contributed by atoms with Crippen molar-refractivity contribution in [2.45, 2.75) is 52.1 Å². The summed E-state index contributed by atoms with van der Waals surface area (Å²) in [4.78, 5) is 24.9. The summed E-state index contributed by atoms with van der Waals surface area (Å²) in [6.07, 6.45) is 2.56. The fourth-order valence-corrected chi connectivity index (χ4v) is 2.46. The number of esters is 1. The van der Waals surface area contributed by atoms with Crippen LogP contribution in [0.25, 0.3) is 0 Å². The molecule has 1 fully saturated rings. The summed E-state index contributed by atoms with van der Waals surface area (Å²) in [6.45, 7) is 7.47. The third kappa shape index (κ3) is 4.29. The van der Waals surface area contributed by atoms with Gasteiger partial charge in [0.05, 0.1) is 6.61 Å². The van der Waals surface area contributed by atoms with Crippen LogP contribution in [0.4, 0.5) is 0 Å². The van der Waals surface area contributed by atoms with Gasteiger partial charge in [0.1, 0.15) is 6.04 Å². The Balaban J connectivity index is 2.44. The molecule has 1 aliphatic rings. The van der Waals surface area contributed by atoms with Gasteiger partial charge in [0.15, 0.2) is 0 Å². The Morgan fingerprint density at radius 1 is 1.33 bits per heavy atom. The van der Waals surface area contributed by atoms with Crippen molar-refractivity contribution < 1.29 is 14.3 Å². The molecule has 0 aliphatic carbocycles. The molecule has 0 spiro atoms. The Hall–Kier alpha value is -1.10. The molecule has 0 radical (unpaired) electrons. The lowest BCUT2D eigenvalue weighted by Gasteiger charge is -2.36. The number of hydrogen-bond acceptors (Lipinski definition) is 4. The monoisotopic (exact) mass is 256 g/mol. The van der Waals surface area contributed by atoms with Gasteiger partial charge in [-0.1, -0.05) is 6.92 Å². The summed E-state index contributed by atoms with van der Waals surface area (Å²) >= 11 is 0. The summed E-state index contributed by atoms with van der Waals surface area (Å²) in [5, 5.41) is 2.93. The minimum atomic E-state index is -0.136. The molecule has 0 aromatic heterocycles. The minimum Gasteiger partial charge on any atom is -0.465 e. The van der Waals surface area contributed by atoms with E-state index in [1.165, 1.54) is 0 Å². The lowest BCUT2D eigenvalue weighted by atomic mass is 10.0. The number of carbonyl (C=O) groups excluding carboxylic acids is 2. The van der Waals surface area contributed by atoms with E-state index in [2.05, 4.69) is 10.2 Å². The standard InChI is InChI=1S/C13H24N2O3/c1-4-12(13(17)18-5-2)15-8-6-11(7-9-15)14-10(3)16/h11-12H,4-9H2,1-3H3,(H,14,16). The molecule has 104 valence electrons. The third-order valence-corrected chi connectivity index (χ3v) is 3.32. The minimum absolute atomic E-state index is 0.0193. The fraction of sp³-hybridized carbons (Fsp3) is 0.846. The molecule has 1 aliphatic heterocycles. The molecule has 1 N–H and O–H groups in total. The highest BCUT2D eigenvalue weighted by Gasteiger charge is 2.29. The van der Waals surface area contributed by atoms with Gasteiger partial charge in [-0.25, -0.2) is 0 Å². The van der Waals surface area contributed by atoms with Crippen LogP contribution in [0, 0.1) is 0 Å². The van der Waals surface area contributed by atoms with Gasteiger partial charge in [0, 0.05) is 26.1 Å². The highest BCUT2D eigenvalue weighted by molar-refractivity contribution is 5.75. The molecule has 5 heteroatoms. The number of ether oxygens (including phenoxy) is 1. The van der Waals surface area contributed by atoms with Crippen LogP contribution in [0.3, 0.4) is 0 Å². The first-order chi connectivity index (χ1) is 8.58. The lowest BCUT2D eigenvalue weighted by Crippen LogP contribution is -2.50. The van der Waals surface area contributed by atoms with Crippen molar-refractivity contribution in [3.05, 3.63) is 0 Å². The van der Waals surface area contributed by atoms with Gasteiger partial charge < -0.3 is 10.1 Å². The first-order valence-corrected chi connectivity index (χ1v) is 6.76. The summed E-state index contributed by atoms with van der Waals surface area (Å²) in [7, 11) is 0. The highest BCUT2D eigenvalue weighted by atomic mass is 16.5. The van der Waals surface area contributed by atoms with Crippen LogP contribution in [0.2, 0.25) is 0 Å². The van der Waals surface area contributed by atoms with E-state index in [1.807, 2.05) is 13.8 Å². The van der Waals surface area contributed by atoms with Crippen molar-refractivity contribution in [1.29, 1.82) is 0 Å². The van der Waals surface area contributed by atoms with E-state index in [9.17, 15) is 9.59 Å². The van der Waals surface area contributed by atoms with Gasteiger partial charge in [-0.3, -0.25) is 14.5 Å². The Morgan fingerprint density at radius 3 is 2.39 bits per heavy atom.